The average Bonchev–Trinajstić information content (AvgIpc) is 3.28. The molecular formula is C24H24F3N3O4. The van der Waals surface area contributed by atoms with Crippen molar-refractivity contribution in [2.75, 3.05) is 51.5 Å². The van der Waals surface area contributed by atoms with Gasteiger partial charge < -0.3 is 24.0 Å². The molecule has 0 bridgehead atoms. The van der Waals surface area contributed by atoms with E-state index in [1.165, 1.54) is 5.56 Å². The molecule has 0 unspecified atom stereocenters. The van der Waals surface area contributed by atoms with Crippen molar-refractivity contribution in [2.24, 2.45) is 0 Å². The number of alkyl halides is 3. The van der Waals surface area contributed by atoms with Crippen molar-refractivity contribution >= 4 is 17.5 Å². The van der Waals surface area contributed by atoms with E-state index >= 15 is 0 Å². The first-order chi connectivity index (χ1) is 16.4. The summed E-state index contributed by atoms with van der Waals surface area (Å²) < 4.78 is 54.7. The van der Waals surface area contributed by atoms with Crippen LogP contribution in [0.5, 0.6) is 17.2 Å². The van der Waals surface area contributed by atoms with Crippen LogP contribution in [0.25, 0.3) is 11.8 Å². The molecule has 2 aromatic carbocycles. The molecular weight excluding hydrogens is 451 g/mol. The molecule has 1 saturated heterocycles. The van der Waals surface area contributed by atoms with Crippen LogP contribution in [-0.4, -0.2) is 63.0 Å². The number of benzene rings is 2. The zero-order valence-electron chi connectivity index (χ0n) is 18.7. The Morgan fingerprint density at radius 2 is 1.71 bits per heavy atom. The SMILES string of the molecule is COc1ccc2c(c1N1CCN(OC(F)(F)F)CC1)CN1CCc3cc4c(cc3C1=C2)OCO4. The number of piperazine rings is 1. The van der Waals surface area contributed by atoms with Crippen LogP contribution in [0.2, 0.25) is 0 Å². The lowest BCUT2D eigenvalue weighted by Crippen LogP contribution is -2.48. The molecule has 6 rings (SSSR count). The van der Waals surface area contributed by atoms with Gasteiger partial charge in [0.15, 0.2) is 11.5 Å². The summed E-state index contributed by atoms with van der Waals surface area (Å²) in [6, 6.07) is 8.12. The van der Waals surface area contributed by atoms with Crippen LogP contribution >= 0.6 is 0 Å². The second-order valence-electron chi connectivity index (χ2n) is 8.70. The third kappa shape index (κ3) is 3.70. The van der Waals surface area contributed by atoms with E-state index in [2.05, 4.69) is 32.8 Å². The van der Waals surface area contributed by atoms with Crippen LogP contribution in [0.4, 0.5) is 18.9 Å². The Labute approximate surface area is 194 Å². The predicted molar refractivity (Wildman–Crippen MR) is 118 cm³/mol. The molecule has 0 aromatic heterocycles. The number of halogens is 3. The average molecular weight is 475 g/mol. The minimum absolute atomic E-state index is 0.150. The number of fused-ring (bicyclic) bond motifs is 5. The number of anilines is 1. The van der Waals surface area contributed by atoms with E-state index in [0.717, 1.165) is 63.4 Å². The molecule has 4 heterocycles. The largest absolute Gasteiger partial charge is 0.539 e. The Kier molecular flexibility index (Phi) is 5.03. The van der Waals surface area contributed by atoms with Crippen molar-refractivity contribution in [3.63, 3.8) is 0 Å². The van der Waals surface area contributed by atoms with Crippen molar-refractivity contribution < 1.29 is 32.2 Å². The summed E-state index contributed by atoms with van der Waals surface area (Å²) in [7, 11) is 1.62. The van der Waals surface area contributed by atoms with Gasteiger partial charge in [-0.1, -0.05) is 6.07 Å². The molecule has 0 aliphatic carbocycles. The van der Waals surface area contributed by atoms with Crippen molar-refractivity contribution in [2.45, 2.75) is 19.3 Å². The van der Waals surface area contributed by atoms with Gasteiger partial charge in [0.2, 0.25) is 6.79 Å². The van der Waals surface area contributed by atoms with Crippen LogP contribution in [-0.2, 0) is 17.8 Å². The Morgan fingerprint density at radius 3 is 2.44 bits per heavy atom. The monoisotopic (exact) mass is 475 g/mol. The second kappa shape index (κ2) is 7.99. The lowest BCUT2D eigenvalue weighted by atomic mass is 9.89. The summed E-state index contributed by atoms with van der Waals surface area (Å²) in [6.45, 7) is 2.92. The molecule has 0 spiro atoms. The number of ether oxygens (including phenoxy) is 3. The van der Waals surface area contributed by atoms with Crippen LogP contribution in [0.1, 0.15) is 22.3 Å². The minimum Gasteiger partial charge on any atom is -0.495 e. The predicted octanol–water partition coefficient (Wildman–Crippen LogP) is 3.87. The molecule has 2 aromatic rings. The highest BCUT2D eigenvalue weighted by Crippen LogP contribution is 2.45. The lowest BCUT2D eigenvalue weighted by Gasteiger charge is -2.41. The number of hydroxylamine groups is 2. The molecule has 4 aliphatic heterocycles. The van der Waals surface area contributed by atoms with Crippen molar-refractivity contribution in [3.05, 3.63) is 46.5 Å². The van der Waals surface area contributed by atoms with E-state index in [-0.39, 0.29) is 19.9 Å². The highest BCUT2D eigenvalue weighted by Gasteiger charge is 2.36. The normalized spacial score (nSPS) is 19.4. The maximum absolute atomic E-state index is 12.6. The molecule has 1 fully saturated rings. The van der Waals surface area contributed by atoms with Gasteiger partial charge in [0, 0.05) is 56.1 Å². The third-order valence-electron chi connectivity index (χ3n) is 6.80. The quantitative estimate of drug-likeness (QED) is 0.668. The lowest BCUT2D eigenvalue weighted by molar-refractivity contribution is -0.414. The molecule has 10 heteroatoms. The first-order valence-electron chi connectivity index (χ1n) is 11.2. The molecule has 0 atom stereocenters. The Morgan fingerprint density at radius 1 is 0.941 bits per heavy atom. The van der Waals surface area contributed by atoms with Gasteiger partial charge in [0.05, 0.1) is 12.8 Å². The first-order valence-corrected chi connectivity index (χ1v) is 11.2. The highest BCUT2D eigenvalue weighted by atomic mass is 19.4. The Balaban J connectivity index is 1.34. The summed E-state index contributed by atoms with van der Waals surface area (Å²) in [5.41, 5.74) is 6.69. The van der Waals surface area contributed by atoms with E-state index in [9.17, 15) is 13.2 Å². The summed E-state index contributed by atoms with van der Waals surface area (Å²) >= 11 is 0. The number of hydrogen-bond donors (Lipinski definition) is 0. The van der Waals surface area contributed by atoms with Gasteiger partial charge in [0.1, 0.15) is 5.75 Å². The fourth-order valence-corrected chi connectivity index (χ4v) is 5.24. The zero-order valence-corrected chi connectivity index (χ0v) is 18.7. The second-order valence-corrected chi connectivity index (χ2v) is 8.70. The summed E-state index contributed by atoms with van der Waals surface area (Å²) in [6.07, 6.45) is -1.59. The molecule has 4 aliphatic rings. The molecule has 0 radical (unpaired) electrons. The Hall–Kier alpha value is -3.11. The van der Waals surface area contributed by atoms with E-state index in [0.29, 0.717) is 19.6 Å². The van der Waals surface area contributed by atoms with Gasteiger partial charge in [-0.25, -0.2) is 4.84 Å². The van der Waals surface area contributed by atoms with Gasteiger partial charge in [-0.05, 0) is 41.8 Å². The van der Waals surface area contributed by atoms with Crippen LogP contribution in [0.3, 0.4) is 0 Å². The molecule has 0 saturated carbocycles. The molecule has 7 nitrogen and oxygen atoms in total. The number of nitrogens with zero attached hydrogens (tertiary/aromatic N) is 3. The third-order valence-corrected chi connectivity index (χ3v) is 6.80. The van der Waals surface area contributed by atoms with Crippen LogP contribution in [0, 0.1) is 0 Å². The van der Waals surface area contributed by atoms with Gasteiger partial charge >= 0.3 is 6.36 Å². The van der Waals surface area contributed by atoms with Crippen molar-refractivity contribution in [1.29, 1.82) is 0 Å². The van der Waals surface area contributed by atoms with Gasteiger partial charge in [-0.2, -0.15) is 5.06 Å². The number of rotatable bonds is 3. The molecule has 180 valence electrons. The van der Waals surface area contributed by atoms with E-state index < -0.39 is 6.36 Å². The molecule has 34 heavy (non-hydrogen) atoms. The van der Waals surface area contributed by atoms with Crippen LogP contribution < -0.4 is 19.1 Å². The Bertz CT molecular complexity index is 1160. The fourth-order valence-electron chi connectivity index (χ4n) is 5.24. The maximum Gasteiger partial charge on any atom is 0.539 e. The maximum atomic E-state index is 12.6. The topological polar surface area (TPSA) is 46.6 Å². The molecule has 0 N–H and O–H groups in total. The van der Waals surface area contributed by atoms with Crippen molar-refractivity contribution in [1.82, 2.24) is 9.96 Å². The smallest absolute Gasteiger partial charge is 0.495 e. The summed E-state index contributed by atoms with van der Waals surface area (Å²) in [4.78, 5) is 8.55. The van der Waals surface area contributed by atoms with Crippen LogP contribution in [0.15, 0.2) is 24.3 Å². The fraction of sp³-hybridized carbons (Fsp3) is 0.417. The van der Waals surface area contributed by atoms with E-state index in [1.807, 2.05) is 12.1 Å². The highest BCUT2D eigenvalue weighted by molar-refractivity contribution is 5.88. The zero-order chi connectivity index (χ0) is 23.4. The number of methoxy groups -OCH3 is 1. The summed E-state index contributed by atoms with van der Waals surface area (Å²) in [5.74, 6) is 2.29. The van der Waals surface area contributed by atoms with Gasteiger partial charge in [-0.15, -0.1) is 13.2 Å². The van der Waals surface area contributed by atoms with E-state index in [4.69, 9.17) is 14.2 Å². The molecule has 0 amide bonds. The standard InChI is InChI=1S/C24H24F3N3O4/c1-31-20-3-2-15-10-19-17-12-22-21(32-14-33-22)11-16(17)4-5-29(19)13-18(15)23(20)28-6-8-30(9-7-28)34-24(25,26)27/h2-3,10-12H,4-9,13-14H2,1H3. The first kappa shape index (κ1) is 21.4. The summed E-state index contributed by atoms with van der Waals surface area (Å²) in [5, 5.41) is 0.974. The van der Waals surface area contributed by atoms with Gasteiger partial charge in [0.25, 0.3) is 0 Å². The van der Waals surface area contributed by atoms with Crippen molar-refractivity contribution in [3.8, 4) is 17.2 Å². The van der Waals surface area contributed by atoms with E-state index in [1.54, 1.807) is 7.11 Å². The number of hydrogen-bond acceptors (Lipinski definition) is 7. The van der Waals surface area contributed by atoms with Gasteiger partial charge in [-0.3, -0.25) is 0 Å². The minimum atomic E-state index is -4.67.